The van der Waals surface area contributed by atoms with Crippen molar-refractivity contribution in [2.45, 2.75) is 44.6 Å². The summed E-state index contributed by atoms with van der Waals surface area (Å²) in [6.45, 7) is 7.19. The highest BCUT2D eigenvalue weighted by atomic mass is 32.2. The molecule has 0 amide bonds. The number of benzene rings is 2. The minimum Gasteiger partial charge on any atom is -0.494 e. The van der Waals surface area contributed by atoms with Crippen LogP contribution in [0.2, 0.25) is 0 Å². The molecule has 0 fully saturated rings. The number of ether oxygens (including phenoxy) is 1. The van der Waals surface area contributed by atoms with Crippen LogP contribution in [0.1, 0.15) is 31.7 Å². The number of nitrogens with zero attached hydrogens (tertiary/aromatic N) is 3. The van der Waals surface area contributed by atoms with E-state index in [9.17, 15) is 4.79 Å². The van der Waals surface area contributed by atoms with Gasteiger partial charge in [0, 0.05) is 17.9 Å². The Hall–Kier alpha value is -3.06. The highest BCUT2D eigenvalue weighted by molar-refractivity contribution is 7.98. The molecular formula is C24H25N3O3S. The molecule has 2 aromatic carbocycles. The Kier molecular flexibility index (Phi) is 6.42. The molecule has 4 aromatic rings. The first-order valence-electron chi connectivity index (χ1n) is 10.4. The van der Waals surface area contributed by atoms with Crippen LogP contribution in [0.4, 0.5) is 0 Å². The van der Waals surface area contributed by atoms with Gasteiger partial charge in [-0.15, -0.1) is 0 Å². The van der Waals surface area contributed by atoms with Crippen LogP contribution in [-0.4, -0.2) is 21.1 Å². The average Bonchev–Trinajstić information content (AvgIpc) is 3.16. The number of thioether (sulfide) groups is 1. The van der Waals surface area contributed by atoms with Crippen molar-refractivity contribution in [1.29, 1.82) is 0 Å². The minimum absolute atomic E-state index is 0.00176. The van der Waals surface area contributed by atoms with Gasteiger partial charge in [0.15, 0.2) is 5.16 Å². The Labute approximate surface area is 185 Å². The molecule has 2 heterocycles. The monoisotopic (exact) mass is 435 g/mol. The molecule has 0 unspecified atom stereocenters. The molecule has 2 aromatic heterocycles. The summed E-state index contributed by atoms with van der Waals surface area (Å²) in [5.74, 6) is 2.73. The normalized spacial score (nSPS) is 11.2. The Bertz CT molecular complexity index is 1250. The van der Waals surface area contributed by atoms with E-state index in [0.717, 1.165) is 29.2 Å². The standard InChI is InChI=1S/C24H25N3O3S/c1-4-14-27-23(28)19-8-6-7-9-20(19)26-24(27)31-15-21-16(3)30-22(25-21)17-10-12-18(13-11-17)29-5-2/h6-13H,4-5,14-15H2,1-3H3. The van der Waals surface area contributed by atoms with E-state index in [-0.39, 0.29) is 5.56 Å². The third-order valence-electron chi connectivity index (χ3n) is 4.92. The van der Waals surface area contributed by atoms with Crippen molar-refractivity contribution in [2.75, 3.05) is 6.61 Å². The fourth-order valence-corrected chi connectivity index (χ4v) is 4.38. The number of aromatic nitrogens is 3. The summed E-state index contributed by atoms with van der Waals surface area (Å²) >= 11 is 1.51. The van der Waals surface area contributed by atoms with E-state index in [1.165, 1.54) is 11.8 Å². The summed E-state index contributed by atoms with van der Waals surface area (Å²) in [6.07, 6.45) is 0.859. The van der Waals surface area contributed by atoms with Crippen LogP contribution < -0.4 is 10.3 Å². The molecule has 160 valence electrons. The average molecular weight is 436 g/mol. The van der Waals surface area contributed by atoms with E-state index in [1.807, 2.05) is 62.4 Å². The first kappa shape index (κ1) is 21.2. The lowest BCUT2D eigenvalue weighted by molar-refractivity contribution is 0.340. The van der Waals surface area contributed by atoms with Crippen molar-refractivity contribution in [3.05, 3.63) is 70.3 Å². The minimum atomic E-state index is 0.00176. The molecule has 0 bridgehead atoms. The molecule has 7 heteroatoms. The highest BCUT2D eigenvalue weighted by Crippen LogP contribution is 2.28. The third-order valence-corrected chi connectivity index (χ3v) is 5.90. The second-order valence-corrected chi connectivity index (χ2v) is 8.08. The van der Waals surface area contributed by atoms with Crippen molar-refractivity contribution < 1.29 is 9.15 Å². The van der Waals surface area contributed by atoms with Crippen LogP contribution in [0.25, 0.3) is 22.4 Å². The molecular weight excluding hydrogens is 410 g/mol. The fraction of sp³-hybridized carbons (Fsp3) is 0.292. The number of hydrogen-bond donors (Lipinski definition) is 0. The summed E-state index contributed by atoms with van der Waals surface area (Å²) in [5, 5.41) is 1.35. The van der Waals surface area contributed by atoms with E-state index in [2.05, 4.69) is 11.9 Å². The maximum Gasteiger partial charge on any atom is 0.262 e. The maximum atomic E-state index is 12.9. The number of rotatable bonds is 8. The zero-order valence-corrected chi connectivity index (χ0v) is 18.7. The van der Waals surface area contributed by atoms with Crippen molar-refractivity contribution in [3.8, 4) is 17.2 Å². The third kappa shape index (κ3) is 4.51. The Morgan fingerprint density at radius 3 is 2.58 bits per heavy atom. The quantitative estimate of drug-likeness (QED) is 0.270. The van der Waals surface area contributed by atoms with Gasteiger partial charge in [-0.3, -0.25) is 9.36 Å². The Morgan fingerprint density at radius 2 is 1.84 bits per heavy atom. The van der Waals surface area contributed by atoms with Gasteiger partial charge >= 0.3 is 0 Å². The SMILES string of the molecule is CCCn1c(SCc2nc(-c3ccc(OCC)cc3)oc2C)nc2ccccc2c1=O. The van der Waals surface area contributed by atoms with E-state index in [1.54, 1.807) is 4.57 Å². The molecule has 31 heavy (non-hydrogen) atoms. The number of para-hydroxylation sites is 1. The van der Waals surface area contributed by atoms with Crippen molar-refractivity contribution in [2.24, 2.45) is 0 Å². The van der Waals surface area contributed by atoms with Gasteiger partial charge in [0.2, 0.25) is 5.89 Å². The molecule has 0 saturated heterocycles. The van der Waals surface area contributed by atoms with E-state index >= 15 is 0 Å². The Morgan fingerprint density at radius 1 is 1.06 bits per heavy atom. The number of aryl methyl sites for hydroxylation is 1. The van der Waals surface area contributed by atoms with Gasteiger partial charge < -0.3 is 9.15 Å². The molecule has 0 aliphatic heterocycles. The van der Waals surface area contributed by atoms with Gasteiger partial charge in [0.25, 0.3) is 5.56 Å². The highest BCUT2D eigenvalue weighted by Gasteiger charge is 2.15. The van der Waals surface area contributed by atoms with Crippen molar-refractivity contribution in [3.63, 3.8) is 0 Å². The maximum absolute atomic E-state index is 12.9. The molecule has 0 aliphatic rings. The van der Waals surface area contributed by atoms with Crippen LogP contribution in [0.15, 0.2) is 62.9 Å². The fourth-order valence-electron chi connectivity index (χ4n) is 3.36. The lowest BCUT2D eigenvalue weighted by Gasteiger charge is -2.11. The second-order valence-electron chi connectivity index (χ2n) is 7.14. The molecule has 0 aliphatic carbocycles. The lowest BCUT2D eigenvalue weighted by Crippen LogP contribution is -2.23. The summed E-state index contributed by atoms with van der Waals surface area (Å²) in [6, 6.07) is 15.2. The first-order valence-corrected chi connectivity index (χ1v) is 11.4. The van der Waals surface area contributed by atoms with Gasteiger partial charge in [-0.1, -0.05) is 30.8 Å². The first-order chi connectivity index (χ1) is 15.1. The van der Waals surface area contributed by atoms with Crippen molar-refractivity contribution >= 4 is 22.7 Å². The molecule has 4 rings (SSSR count). The van der Waals surface area contributed by atoms with Gasteiger partial charge in [0.05, 0.1) is 23.2 Å². The van der Waals surface area contributed by atoms with Gasteiger partial charge in [-0.2, -0.15) is 0 Å². The number of hydrogen-bond acceptors (Lipinski definition) is 6. The predicted molar refractivity (Wildman–Crippen MR) is 124 cm³/mol. The lowest BCUT2D eigenvalue weighted by atomic mass is 10.2. The molecule has 0 spiro atoms. The van der Waals surface area contributed by atoms with Crippen LogP contribution in [0.5, 0.6) is 5.75 Å². The molecule has 6 nitrogen and oxygen atoms in total. The summed E-state index contributed by atoms with van der Waals surface area (Å²) in [7, 11) is 0. The summed E-state index contributed by atoms with van der Waals surface area (Å²) < 4.78 is 13.2. The number of oxazole rings is 1. The zero-order valence-electron chi connectivity index (χ0n) is 17.9. The second kappa shape index (κ2) is 9.39. The largest absolute Gasteiger partial charge is 0.494 e. The van der Waals surface area contributed by atoms with Crippen LogP contribution in [0.3, 0.4) is 0 Å². The number of fused-ring (bicyclic) bond motifs is 1. The van der Waals surface area contributed by atoms with E-state index in [4.69, 9.17) is 14.1 Å². The van der Waals surface area contributed by atoms with Gasteiger partial charge in [0.1, 0.15) is 11.5 Å². The summed E-state index contributed by atoms with van der Waals surface area (Å²) in [4.78, 5) is 22.4. The topological polar surface area (TPSA) is 70.2 Å². The smallest absolute Gasteiger partial charge is 0.262 e. The summed E-state index contributed by atoms with van der Waals surface area (Å²) in [5.41, 5.74) is 2.46. The van der Waals surface area contributed by atoms with E-state index in [0.29, 0.717) is 40.9 Å². The molecule has 0 atom stereocenters. The van der Waals surface area contributed by atoms with Gasteiger partial charge in [-0.05, 0) is 56.7 Å². The van der Waals surface area contributed by atoms with Gasteiger partial charge in [-0.25, -0.2) is 9.97 Å². The van der Waals surface area contributed by atoms with Crippen molar-refractivity contribution in [1.82, 2.24) is 14.5 Å². The Balaban J connectivity index is 1.59. The van der Waals surface area contributed by atoms with Crippen LogP contribution in [0, 0.1) is 6.92 Å². The van der Waals surface area contributed by atoms with E-state index < -0.39 is 0 Å². The predicted octanol–water partition coefficient (Wildman–Crippen LogP) is 5.46. The molecule has 0 N–H and O–H groups in total. The molecule has 0 radical (unpaired) electrons. The van der Waals surface area contributed by atoms with Crippen LogP contribution >= 0.6 is 11.8 Å². The zero-order chi connectivity index (χ0) is 21.8. The molecule has 0 saturated carbocycles. The van der Waals surface area contributed by atoms with Crippen LogP contribution in [-0.2, 0) is 12.3 Å².